The van der Waals surface area contributed by atoms with Crippen LogP contribution in [0.2, 0.25) is 0 Å². The zero-order valence-corrected chi connectivity index (χ0v) is 11.1. The van der Waals surface area contributed by atoms with Crippen molar-refractivity contribution in [3.8, 4) is 11.5 Å². The molecule has 0 aromatic heterocycles. The molecule has 2 heterocycles. The van der Waals surface area contributed by atoms with E-state index in [0.29, 0.717) is 19.3 Å². The molecule has 0 radical (unpaired) electrons. The van der Waals surface area contributed by atoms with E-state index >= 15 is 0 Å². The molecule has 0 amide bonds. The summed E-state index contributed by atoms with van der Waals surface area (Å²) in [6.07, 6.45) is 4.68. The van der Waals surface area contributed by atoms with Crippen LogP contribution in [0.15, 0.2) is 18.2 Å². The summed E-state index contributed by atoms with van der Waals surface area (Å²) in [5.41, 5.74) is 7.36. The first-order valence-corrected chi connectivity index (χ1v) is 7.10. The first-order chi connectivity index (χ1) is 9.34. The third-order valence-corrected chi connectivity index (χ3v) is 3.82. The van der Waals surface area contributed by atoms with Crippen molar-refractivity contribution in [3.63, 3.8) is 0 Å². The maximum atomic E-state index is 6.31. The lowest BCUT2D eigenvalue weighted by atomic mass is 9.98. The molecule has 2 aliphatic rings. The standard InChI is InChI=1S/C15H21NO3/c16-13(7-6-11-3-2-8-17-11)12-4-1-5-14-15(12)19-10-9-18-14/h1,4-5,11,13H,2-3,6-10,16H2. The van der Waals surface area contributed by atoms with Crippen molar-refractivity contribution in [1.29, 1.82) is 0 Å². The number of para-hydroxylation sites is 1. The summed E-state index contributed by atoms with van der Waals surface area (Å²) in [4.78, 5) is 0. The van der Waals surface area contributed by atoms with Crippen LogP contribution in [0.4, 0.5) is 0 Å². The van der Waals surface area contributed by atoms with Gasteiger partial charge in [-0.1, -0.05) is 12.1 Å². The summed E-state index contributed by atoms with van der Waals surface area (Å²) in [5, 5.41) is 0. The first kappa shape index (κ1) is 12.8. The van der Waals surface area contributed by atoms with Crippen molar-refractivity contribution in [2.24, 2.45) is 5.73 Å². The number of nitrogens with two attached hydrogens (primary N) is 1. The molecule has 1 fully saturated rings. The molecule has 3 rings (SSSR count). The SMILES string of the molecule is NC(CCC1CCCO1)c1cccc2c1OCCO2. The third kappa shape index (κ3) is 2.85. The smallest absolute Gasteiger partial charge is 0.166 e. The second-order valence-corrected chi connectivity index (χ2v) is 5.19. The normalized spacial score (nSPS) is 23.3. The van der Waals surface area contributed by atoms with Gasteiger partial charge in [-0.2, -0.15) is 0 Å². The van der Waals surface area contributed by atoms with Gasteiger partial charge in [0.25, 0.3) is 0 Å². The maximum absolute atomic E-state index is 6.31. The fourth-order valence-electron chi connectivity index (χ4n) is 2.78. The fourth-order valence-corrected chi connectivity index (χ4v) is 2.78. The Balaban J connectivity index is 1.67. The van der Waals surface area contributed by atoms with E-state index in [1.54, 1.807) is 0 Å². The Morgan fingerprint density at radius 3 is 2.95 bits per heavy atom. The van der Waals surface area contributed by atoms with Gasteiger partial charge in [-0.15, -0.1) is 0 Å². The largest absolute Gasteiger partial charge is 0.486 e. The average Bonchev–Trinajstić information content (AvgIpc) is 2.97. The van der Waals surface area contributed by atoms with Gasteiger partial charge in [0.2, 0.25) is 0 Å². The number of hydrogen-bond acceptors (Lipinski definition) is 4. The number of ether oxygens (including phenoxy) is 3. The zero-order valence-electron chi connectivity index (χ0n) is 11.1. The second-order valence-electron chi connectivity index (χ2n) is 5.19. The number of rotatable bonds is 4. The molecule has 104 valence electrons. The lowest BCUT2D eigenvalue weighted by Gasteiger charge is -2.24. The Bertz CT molecular complexity index is 429. The molecule has 0 spiro atoms. The van der Waals surface area contributed by atoms with E-state index in [0.717, 1.165) is 36.5 Å². The van der Waals surface area contributed by atoms with Gasteiger partial charge in [-0.3, -0.25) is 0 Å². The predicted octanol–water partition coefficient (Wildman–Crippen LogP) is 2.42. The van der Waals surface area contributed by atoms with Crippen LogP contribution in [0.5, 0.6) is 11.5 Å². The predicted molar refractivity (Wildman–Crippen MR) is 72.6 cm³/mol. The molecule has 2 N–H and O–H groups in total. The molecule has 2 aliphatic heterocycles. The highest BCUT2D eigenvalue weighted by atomic mass is 16.6. The highest BCUT2D eigenvalue weighted by Gasteiger charge is 2.22. The summed E-state index contributed by atoms with van der Waals surface area (Å²) in [5.74, 6) is 1.64. The van der Waals surface area contributed by atoms with Crippen LogP contribution >= 0.6 is 0 Å². The van der Waals surface area contributed by atoms with Gasteiger partial charge in [0.1, 0.15) is 13.2 Å². The van der Waals surface area contributed by atoms with Crippen molar-refractivity contribution in [2.45, 2.75) is 37.8 Å². The molecule has 0 aliphatic carbocycles. The topological polar surface area (TPSA) is 53.7 Å². The van der Waals surface area contributed by atoms with Gasteiger partial charge < -0.3 is 19.9 Å². The molecule has 1 saturated heterocycles. The molecule has 4 heteroatoms. The van der Waals surface area contributed by atoms with Crippen LogP contribution in [0.3, 0.4) is 0 Å². The highest BCUT2D eigenvalue weighted by Crippen LogP contribution is 2.37. The van der Waals surface area contributed by atoms with Crippen molar-refractivity contribution in [3.05, 3.63) is 23.8 Å². The monoisotopic (exact) mass is 263 g/mol. The Labute approximate surface area is 113 Å². The molecule has 2 atom stereocenters. The van der Waals surface area contributed by atoms with Crippen LogP contribution in [0.25, 0.3) is 0 Å². The fraction of sp³-hybridized carbons (Fsp3) is 0.600. The summed E-state index contributed by atoms with van der Waals surface area (Å²) in [6.45, 7) is 2.11. The summed E-state index contributed by atoms with van der Waals surface area (Å²) in [6, 6.07) is 5.94. The molecule has 1 aromatic rings. The van der Waals surface area contributed by atoms with Crippen LogP contribution in [0.1, 0.15) is 37.3 Å². The van der Waals surface area contributed by atoms with Crippen LogP contribution in [-0.2, 0) is 4.74 Å². The van der Waals surface area contributed by atoms with Crippen LogP contribution in [0, 0.1) is 0 Å². The van der Waals surface area contributed by atoms with Crippen molar-refractivity contribution in [1.82, 2.24) is 0 Å². The minimum Gasteiger partial charge on any atom is -0.486 e. The van der Waals surface area contributed by atoms with Crippen LogP contribution in [-0.4, -0.2) is 25.9 Å². The molecule has 0 saturated carbocycles. The second kappa shape index (κ2) is 5.80. The summed E-state index contributed by atoms with van der Waals surface area (Å²) in [7, 11) is 0. The molecule has 1 aromatic carbocycles. The van der Waals surface area contributed by atoms with Gasteiger partial charge in [0.15, 0.2) is 11.5 Å². The van der Waals surface area contributed by atoms with Gasteiger partial charge in [-0.05, 0) is 31.7 Å². The molecule has 0 bridgehead atoms. The molecular weight excluding hydrogens is 242 g/mol. The van der Waals surface area contributed by atoms with Crippen molar-refractivity contribution >= 4 is 0 Å². The van der Waals surface area contributed by atoms with E-state index in [1.807, 2.05) is 18.2 Å². The average molecular weight is 263 g/mol. The quantitative estimate of drug-likeness (QED) is 0.906. The van der Waals surface area contributed by atoms with Crippen molar-refractivity contribution in [2.75, 3.05) is 19.8 Å². The zero-order chi connectivity index (χ0) is 13.1. The minimum absolute atomic E-state index is 0.0131. The van der Waals surface area contributed by atoms with E-state index in [2.05, 4.69) is 0 Å². The molecule has 4 nitrogen and oxygen atoms in total. The number of fused-ring (bicyclic) bond motifs is 1. The minimum atomic E-state index is -0.0131. The van der Waals surface area contributed by atoms with E-state index in [-0.39, 0.29) is 6.04 Å². The van der Waals surface area contributed by atoms with Gasteiger partial charge in [0.05, 0.1) is 6.10 Å². The van der Waals surface area contributed by atoms with E-state index in [4.69, 9.17) is 19.9 Å². The van der Waals surface area contributed by atoms with Gasteiger partial charge >= 0.3 is 0 Å². The molecule has 2 unspecified atom stereocenters. The van der Waals surface area contributed by atoms with E-state index < -0.39 is 0 Å². The Morgan fingerprint density at radius 2 is 2.11 bits per heavy atom. The number of benzene rings is 1. The van der Waals surface area contributed by atoms with Gasteiger partial charge in [-0.25, -0.2) is 0 Å². The van der Waals surface area contributed by atoms with Gasteiger partial charge in [0, 0.05) is 18.2 Å². The Morgan fingerprint density at radius 1 is 1.21 bits per heavy atom. The Kier molecular flexibility index (Phi) is 3.89. The molecule has 19 heavy (non-hydrogen) atoms. The highest BCUT2D eigenvalue weighted by molar-refractivity contribution is 5.48. The lowest BCUT2D eigenvalue weighted by Crippen LogP contribution is -2.20. The van der Waals surface area contributed by atoms with Crippen molar-refractivity contribution < 1.29 is 14.2 Å². The Hall–Kier alpha value is -1.26. The maximum Gasteiger partial charge on any atom is 0.166 e. The number of hydrogen-bond donors (Lipinski definition) is 1. The van der Waals surface area contributed by atoms with E-state index in [9.17, 15) is 0 Å². The molecular formula is C15H21NO3. The third-order valence-electron chi connectivity index (χ3n) is 3.82. The van der Waals surface area contributed by atoms with Crippen LogP contribution < -0.4 is 15.2 Å². The van der Waals surface area contributed by atoms with E-state index in [1.165, 1.54) is 12.8 Å². The summed E-state index contributed by atoms with van der Waals surface area (Å²) >= 11 is 0. The first-order valence-electron chi connectivity index (χ1n) is 7.10. The summed E-state index contributed by atoms with van der Waals surface area (Å²) < 4.78 is 16.9. The lowest BCUT2D eigenvalue weighted by molar-refractivity contribution is 0.100.